The Morgan fingerprint density at radius 2 is 1.64 bits per heavy atom. The first kappa shape index (κ1) is 48.8. The molecule has 2 aromatic rings. The number of nitrogens with two attached hydrogens (primary N) is 2. The van der Waals surface area contributed by atoms with Crippen molar-refractivity contribution in [3.05, 3.63) is 58.1 Å². The molecule has 0 saturated carbocycles. The van der Waals surface area contributed by atoms with Crippen LogP contribution in [-0.4, -0.2) is 137 Å². The fourth-order valence-corrected chi connectivity index (χ4v) is 6.57. The van der Waals surface area contributed by atoms with E-state index in [4.69, 9.17) is 48.9 Å². The van der Waals surface area contributed by atoms with Crippen molar-refractivity contribution in [3.63, 3.8) is 0 Å². The zero-order chi connectivity index (χ0) is 44.0. The van der Waals surface area contributed by atoms with Crippen molar-refractivity contribution in [2.45, 2.75) is 102 Å². The lowest BCUT2D eigenvalue weighted by molar-refractivity contribution is -0.268. The molecule has 19 nitrogen and oxygen atoms in total. The molecule has 0 bridgehead atoms. The molecule has 326 valence electrons. The van der Waals surface area contributed by atoms with Crippen LogP contribution in [0.4, 0.5) is 11.4 Å². The van der Waals surface area contributed by atoms with Gasteiger partial charge in [0.2, 0.25) is 29.5 Å². The Labute approximate surface area is 351 Å². The van der Waals surface area contributed by atoms with Gasteiger partial charge in [-0.3, -0.25) is 28.8 Å². The van der Waals surface area contributed by atoms with Gasteiger partial charge in [-0.1, -0.05) is 47.5 Å². The zero-order valence-corrected chi connectivity index (χ0v) is 34.6. The number of hydrogen-bond acceptors (Lipinski definition) is 14. The minimum absolute atomic E-state index is 0.132. The second-order valence-electron chi connectivity index (χ2n) is 14.0. The number of rotatable bonds is 21. The third-order valence-corrected chi connectivity index (χ3v) is 9.84. The average molecular weight is 871 g/mol. The number of aliphatic hydroxyl groups excluding tert-OH is 3. The maximum absolute atomic E-state index is 13.8. The second kappa shape index (κ2) is 23.3. The van der Waals surface area contributed by atoms with E-state index in [9.17, 15) is 44.1 Å². The molecule has 21 heteroatoms. The van der Waals surface area contributed by atoms with E-state index in [2.05, 4.69) is 21.3 Å². The largest absolute Gasteiger partial charge is 0.464 e. The van der Waals surface area contributed by atoms with Crippen molar-refractivity contribution in [2.24, 2.45) is 11.5 Å². The van der Waals surface area contributed by atoms with Crippen LogP contribution in [0.15, 0.2) is 42.5 Å². The smallest absolute Gasteiger partial charge is 0.310 e. The van der Waals surface area contributed by atoms with E-state index in [1.165, 1.54) is 27.7 Å². The molecule has 59 heavy (non-hydrogen) atoms. The fraction of sp³-hybridized carbons (Fsp3) is 0.526. The van der Waals surface area contributed by atoms with Gasteiger partial charge in [-0.15, -0.1) is 0 Å². The zero-order valence-electron chi connectivity index (χ0n) is 33.1. The number of nitrogens with zero attached hydrogens (tertiary/aromatic N) is 1. The average Bonchev–Trinajstić information content (AvgIpc) is 3.17. The van der Waals surface area contributed by atoms with Crippen LogP contribution in [0.1, 0.15) is 46.1 Å². The molecule has 9 atom stereocenters. The van der Waals surface area contributed by atoms with Gasteiger partial charge in [-0.05, 0) is 51.0 Å². The number of halogens is 2. The van der Waals surface area contributed by atoms with Crippen LogP contribution in [0.2, 0.25) is 10.0 Å². The first-order valence-corrected chi connectivity index (χ1v) is 19.5. The Balaban J connectivity index is 1.70. The summed E-state index contributed by atoms with van der Waals surface area (Å²) in [5, 5.41) is 42.5. The molecule has 0 aliphatic carbocycles. The predicted octanol–water partition coefficient (Wildman–Crippen LogP) is -0.398. The monoisotopic (exact) mass is 869 g/mol. The van der Waals surface area contributed by atoms with E-state index >= 15 is 0 Å². The number of hydrogen-bond donors (Lipinski definition) is 9. The summed E-state index contributed by atoms with van der Waals surface area (Å²) in [5.74, 6) is -4.11. The van der Waals surface area contributed by atoms with E-state index in [1.54, 1.807) is 42.5 Å². The lowest BCUT2D eigenvalue weighted by Gasteiger charge is -2.44. The number of amides is 5. The Hall–Kier alpha value is -4.60. The number of nitrogens with one attached hydrogen (secondary N) is 4. The number of anilines is 2. The van der Waals surface area contributed by atoms with Gasteiger partial charge in [0.15, 0.2) is 6.29 Å². The fourth-order valence-electron chi connectivity index (χ4n) is 6.08. The van der Waals surface area contributed by atoms with E-state index in [-0.39, 0.29) is 39.0 Å². The highest BCUT2D eigenvalue weighted by Crippen LogP contribution is 2.34. The van der Waals surface area contributed by atoms with Crippen LogP contribution < -0.4 is 32.7 Å². The van der Waals surface area contributed by atoms with Gasteiger partial charge in [0.1, 0.15) is 43.0 Å². The van der Waals surface area contributed by atoms with E-state index in [0.717, 1.165) is 4.90 Å². The molecular formula is C38H53Cl2N7O12. The first-order valence-electron chi connectivity index (χ1n) is 18.8. The number of primary amides is 1. The number of esters is 1. The topological polar surface area (TPSA) is 294 Å². The van der Waals surface area contributed by atoms with Crippen molar-refractivity contribution in [1.29, 1.82) is 0 Å². The van der Waals surface area contributed by atoms with Gasteiger partial charge in [0, 0.05) is 25.6 Å². The molecule has 0 aromatic heterocycles. The van der Waals surface area contributed by atoms with Gasteiger partial charge in [-0.2, -0.15) is 0 Å². The summed E-state index contributed by atoms with van der Waals surface area (Å²) in [4.78, 5) is 77.4. The van der Waals surface area contributed by atoms with Crippen LogP contribution in [0.3, 0.4) is 0 Å². The SMILES string of the molecule is CC(=O)N[C@@H]1[C@@H](OC(C)CN(C(=O)CC[C@@H](NC(=O)[C@H](C)N)C(N)=O)[C@@H](C)C(=O)NCCOC(=O)Cc2ccccc2Nc2c(Cl)cccc2Cl)[C@H](O)[C@@H](CO)O[C@@H]1O. The van der Waals surface area contributed by atoms with E-state index in [0.29, 0.717) is 27.0 Å². The molecule has 0 spiro atoms. The summed E-state index contributed by atoms with van der Waals surface area (Å²) >= 11 is 12.6. The van der Waals surface area contributed by atoms with Crippen molar-refractivity contribution in [1.82, 2.24) is 20.9 Å². The van der Waals surface area contributed by atoms with Gasteiger partial charge in [-0.25, -0.2) is 0 Å². The molecule has 1 heterocycles. The summed E-state index contributed by atoms with van der Waals surface area (Å²) in [6.07, 6.45) is -7.59. The Bertz CT molecular complexity index is 1770. The summed E-state index contributed by atoms with van der Waals surface area (Å²) in [6.45, 7) is 4.12. The summed E-state index contributed by atoms with van der Waals surface area (Å²) < 4.78 is 16.6. The van der Waals surface area contributed by atoms with Crippen LogP contribution in [0.5, 0.6) is 0 Å². The molecule has 0 radical (unpaired) electrons. The Morgan fingerprint density at radius 1 is 0.983 bits per heavy atom. The highest BCUT2D eigenvalue weighted by Gasteiger charge is 2.46. The van der Waals surface area contributed by atoms with Crippen molar-refractivity contribution in [3.8, 4) is 0 Å². The first-order chi connectivity index (χ1) is 27.8. The third-order valence-electron chi connectivity index (χ3n) is 9.21. The van der Waals surface area contributed by atoms with Gasteiger partial charge >= 0.3 is 5.97 Å². The Morgan fingerprint density at radius 3 is 2.25 bits per heavy atom. The minimum Gasteiger partial charge on any atom is -0.464 e. The van der Waals surface area contributed by atoms with Crippen LogP contribution >= 0.6 is 23.2 Å². The molecule has 3 rings (SSSR count). The van der Waals surface area contributed by atoms with Crippen LogP contribution in [0.25, 0.3) is 0 Å². The molecule has 1 saturated heterocycles. The number of ether oxygens (including phenoxy) is 3. The molecule has 1 unspecified atom stereocenters. The lowest BCUT2D eigenvalue weighted by atomic mass is 9.96. The van der Waals surface area contributed by atoms with E-state index in [1.807, 2.05) is 0 Å². The highest BCUT2D eigenvalue weighted by atomic mass is 35.5. The molecule has 1 aliphatic rings. The number of carbonyl (C=O) groups excluding carboxylic acids is 6. The van der Waals surface area contributed by atoms with E-state index < -0.39 is 97.0 Å². The summed E-state index contributed by atoms with van der Waals surface area (Å²) in [6, 6.07) is 7.29. The number of benzene rings is 2. The quantitative estimate of drug-likeness (QED) is 0.0571. The molecule has 1 aliphatic heterocycles. The lowest BCUT2D eigenvalue weighted by Crippen LogP contribution is -2.65. The van der Waals surface area contributed by atoms with Crippen LogP contribution in [-0.2, 0) is 49.4 Å². The van der Waals surface area contributed by atoms with Gasteiger partial charge in [0.25, 0.3) is 0 Å². The molecule has 1 fully saturated rings. The predicted molar refractivity (Wildman–Crippen MR) is 215 cm³/mol. The van der Waals surface area contributed by atoms with Crippen molar-refractivity contribution >= 4 is 70.1 Å². The number of para-hydroxylation sites is 2. The maximum Gasteiger partial charge on any atom is 0.310 e. The molecule has 11 N–H and O–H groups in total. The standard InChI is InChI=1S/C38H53Cl2N7O12/c1-19(58-34-32(44-22(4)49)38(56)59-28(18-48)33(34)52)17-47(29(50)13-12-27(35(42)53)46-36(54)20(2)41)21(3)37(55)43-14-15-57-30(51)16-23-8-5-6-11-26(23)45-31-24(39)9-7-10-25(31)40/h5-11,19-21,27-28,32-34,38,45,48,52,56H,12-18,41H2,1-4H3,(H2,42,53)(H,43,55)(H,44,49)(H,46,54)/t19?,20-,21-,27+,28+,32+,33+,34+,38-/m0/s1. The van der Waals surface area contributed by atoms with Crippen molar-refractivity contribution in [2.75, 3.05) is 31.6 Å². The maximum atomic E-state index is 13.8. The number of carbonyl (C=O) groups is 6. The van der Waals surface area contributed by atoms with Gasteiger partial charge in [0.05, 0.1) is 47.5 Å². The molecule has 2 aromatic carbocycles. The summed E-state index contributed by atoms with van der Waals surface area (Å²) in [7, 11) is 0. The molecular weight excluding hydrogens is 817 g/mol. The van der Waals surface area contributed by atoms with Gasteiger partial charge < -0.3 is 67.2 Å². The number of aliphatic hydroxyl groups is 3. The second-order valence-corrected chi connectivity index (χ2v) is 14.8. The normalized spacial score (nSPS) is 20.9. The highest BCUT2D eigenvalue weighted by molar-refractivity contribution is 6.39. The van der Waals surface area contributed by atoms with Crippen molar-refractivity contribution < 1.29 is 58.3 Å². The van der Waals surface area contributed by atoms with Crippen LogP contribution in [0, 0.1) is 0 Å². The Kier molecular flexibility index (Phi) is 19.2. The minimum atomic E-state index is -1.68. The third kappa shape index (κ3) is 14.6. The molecule has 5 amide bonds. The summed E-state index contributed by atoms with van der Waals surface area (Å²) in [5.41, 5.74) is 12.7.